The van der Waals surface area contributed by atoms with Crippen LogP contribution in [-0.2, 0) is 14.9 Å². The van der Waals surface area contributed by atoms with E-state index in [1.165, 1.54) is 7.11 Å². The number of aliphatic hydroxyl groups excluding tert-OH is 1. The van der Waals surface area contributed by atoms with Crippen molar-refractivity contribution in [3.63, 3.8) is 0 Å². The van der Waals surface area contributed by atoms with Crippen molar-refractivity contribution in [3.8, 4) is 5.75 Å². The Labute approximate surface area is 172 Å². The average Bonchev–Trinajstić information content (AvgIpc) is 2.74. The maximum Gasteiger partial charge on any atom is 0.312 e. The lowest BCUT2D eigenvalue weighted by Gasteiger charge is -2.46. The van der Waals surface area contributed by atoms with Gasteiger partial charge in [0.1, 0.15) is 5.75 Å². The van der Waals surface area contributed by atoms with E-state index in [0.29, 0.717) is 12.5 Å². The molecule has 1 fully saturated rings. The van der Waals surface area contributed by atoms with Crippen molar-refractivity contribution < 1.29 is 19.7 Å². The first-order valence-electron chi connectivity index (χ1n) is 10.2. The van der Waals surface area contributed by atoms with E-state index in [9.17, 15) is 15.0 Å². The summed E-state index contributed by atoms with van der Waals surface area (Å²) in [5.41, 5.74) is 1.81. The highest BCUT2D eigenvalue weighted by Gasteiger charge is 2.40. The van der Waals surface area contributed by atoms with Crippen LogP contribution in [0.5, 0.6) is 5.75 Å². The van der Waals surface area contributed by atoms with Crippen molar-refractivity contribution in [2.45, 2.75) is 31.8 Å². The summed E-state index contributed by atoms with van der Waals surface area (Å²) in [4.78, 5) is 14.7. The minimum Gasteiger partial charge on any atom is -0.508 e. The standard InChI is InChI=1S/C24H31NO4/c1-17-15-25(13-12-24(17,2)19-10-7-11-20(26)14-19)16-21(23(28)29-3)22(27)18-8-5-4-6-9-18/h4-11,14,17,21-22,26-27H,12-13,15-16H2,1-3H3/t17-,21?,22+,24+/m0/s1. The monoisotopic (exact) mass is 397 g/mol. The van der Waals surface area contributed by atoms with Crippen molar-refractivity contribution in [3.05, 3.63) is 65.7 Å². The van der Waals surface area contributed by atoms with E-state index in [4.69, 9.17) is 4.74 Å². The second-order valence-corrected chi connectivity index (χ2v) is 8.36. The smallest absolute Gasteiger partial charge is 0.312 e. The topological polar surface area (TPSA) is 70.0 Å². The van der Waals surface area contributed by atoms with Gasteiger partial charge in [-0.25, -0.2) is 0 Å². The van der Waals surface area contributed by atoms with Crippen molar-refractivity contribution in [2.24, 2.45) is 11.8 Å². The van der Waals surface area contributed by atoms with Gasteiger partial charge in [-0.3, -0.25) is 4.79 Å². The summed E-state index contributed by atoms with van der Waals surface area (Å²) in [5.74, 6) is -0.421. The molecule has 1 aliphatic rings. The van der Waals surface area contributed by atoms with Crippen molar-refractivity contribution >= 4 is 5.97 Å². The molecule has 2 N–H and O–H groups in total. The molecule has 0 bridgehead atoms. The van der Waals surface area contributed by atoms with Crippen LogP contribution in [0.1, 0.15) is 37.5 Å². The predicted molar refractivity (Wildman–Crippen MR) is 113 cm³/mol. The van der Waals surface area contributed by atoms with Gasteiger partial charge < -0.3 is 19.8 Å². The van der Waals surface area contributed by atoms with Gasteiger partial charge in [-0.1, -0.05) is 56.3 Å². The van der Waals surface area contributed by atoms with Crippen LogP contribution in [0.25, 0.3) is 0 Å². The van der Waals surface area contributed by atoms with Crippen molar-refractivity contribution in [1.29, 1.82) is 0 Å². The van der Waals surface area contributed by atoms with Crippen LogP contribution in [0.4, 0.5) is 0 Å². The summed E-state index contributed by atoms with van der Waals surface area (Å²) in [7, 11) is 1.37. The lowest BCUT2D eigenvalue weighted by Crippen LogP contribution is -2.49. The molecule has 2 aromatic rings. The minimum absolute atomic E-state index is 0.0476. The lowest BCUT2D eigenvalue weighted by molar-refractivity contribution is -0.151. The predicted octanol–water partition coefficient (Wildman–Crippen LogP) is 3.51. The molecule has 5 nitrogen and oxygen atoms in total. The van der Waals surface area contributed by atoms with E-state index in [2.05, 4.69) is 24.8 Å². The molecular formula is C24H31NO4. The van der Waals surface area contributed by atoms with Crippen LogP contribution < -0.4 is 0 Å². The largest absolute Gasteiger partial charge is 0.508 e. The highest BCUT2D eigenvalue weighted by Crippen LogP contribution is 2.40. The summed E-state index contributed by atoms with van der Waals surface area (Å²) < 4.78 is 4.99. The summed E-state index contributed by atoms with van der Waals surface area (Å²) in [6.07, 6.45) is 0.00535. The molecule has 0 aliphatic carbocycles. The van der Waals surface area contributed by atoms with Crippen LogP contribution >= 0.6 is 0 Å². The van der Waals surface area contributed by atoms with Crippen LogP contribution in [-0.4, -0.2) is 47.8 Å². The Morgan fingerprint density at radius 2 is 1.97 bits per heavy atom. The Bertz CT molecular complexity index is 825. The molecule has 3 rings (SSSR count). The lowest BCUT2D eigenvalue weighted by atomic mass is 9.68. The number of methoxy groups -OCH3 is 1. The van der Waals surface area contributed by atoms with E-state index < -0.39 is 18.0 Å². The van der Waals surface area contributed by atoms with E-state index in [1.807, 2.05) is 42.5 Å². The Hall–Kier alpha value is -2.37. The van der Waals surface area contributed by atoms with Gasteiger partial charge in [-0.15, -0.1) is 0 Å². The second-order valence-electron chi connectivity index (χ2n) is 8.36. The normalized spacial score (nSPS) is 24.6. The molecule has 0 saturated carbocycles. The van der Waals surface area contributed by atoms with E-state index in [-0.39, 0.29) is 11.2 Å². The number of likely N-dealkylation sites (tertiary alicyclic amines) is 1. The highest BCUT2D eigenvalue weighted by molar-refractivity contribution is 5.73. The zero-order valence-electron chi connectivity index (χ0n) is 17.4. The van der Waals surface area contributed by atoms with Gasteiger partial charge in [0.2, 0.25) is 0 Å². The van der Waals surface area contributed by atoms with Crippen LogP contribution in [0.3, 0.4) is 0 Å². The maximum atomic E-state index is 12.4. The Kier molecular flexibility index (Phi) is 6.60. The van der Waals surface area contributed by atoms with Crippen molar-refractivity contribution in [2.75, 3.05) is 26.7 Å². The number of phenolic OH excluding ortho intramolecular Hbond substituents is 1. The SMILES string of the molecule is COC(=O)C(CN1CC[C@@](C)(c2cccc(O)c2)[C@@H](C)C1)[C@H](O)c1ccccc1. The molecule has 5 heteroatoms. The Morgan fingerprint density at radius 3 is 2.59 bits per heavy atom. The molecule has 29 heavy (non-hydrogen) atoms. The molecule has 1 heterocycles. The number of ether oxygens (including phenoxy) is 1. The summed E-state index contributed by atoms with van der Waals surface area (Å²) in [5, 5.41) is 20.7. The average molecular weight is 398 g/mol. The number of phenols is 1. The molecule has 0 aromatic heterocycles. The first-order valence-corrected chi connectivity index (χ1v) is 10.2. The van der Waals surface area contributed by atoms with Gasteiger partial charge in [-0.2, -0.15) is 0 Å². The number of nitrogens with zero attached hydrogens (tertiary/aromatic N) is 1. The Balaban J connectivity index is 1.73. The highest BCUT2D eigenvalue weighted by atomic mass is 16.5. The number of esters is 1. The minimum atomic E-state index is -0.904. The van der Waals surface area contributed by atoms with E-state index >= 15 is 0 Å². The molecule has 156 valence electrons. The number of piperidine rings is 1. The van der Waals surface area contributed by atoms with Crippen molar-refractivity contribution in [1.82, 2.24) is 4.90 Å². The van der Waals surface area contributed by atoms with Gasteiger partial charge in [0.05, 0.1) is 19.1 Å². The number of hydrogen-bond donors (Lipinski definition) is 2. The van der Waals surface area contributed by atoms with Gasteiger partial charge in [0, 0.05) is 13.1 Å². The number of aromatic hydroxyl groups is 1. The van der Waals surface area contributed by atoms with Gasteiger partial charge in [-0.05, 0) is 47.6 Å². The zero-order chi connectivity index (χ0) is 21.0. The number of benzene rings is 2. The third kappa shape index (κ3) is 4.62. The first-order chi connectivity index (χ1) is 13.8. The summed E-state index contributed by atoms with van der Waals surface area (Å²) >= 11 is 0. The molecule has 1 saturated heterocycles. The molecule has 0 amide bonds. The molecule has 0 spiro atoms. The fraction of sp³-hybridized carbons (Fsp3) is 0.458. The molecular weight excluding hydrogens is 366 g/mol. The summed E-state index contributed by atoms with van der Waals surface area (Å²) in [6.45, 7) is 6.51. The molecule has 0 radical (unpaired) electrons. The molecule has 1 aliphatic heterocycles. The van der Waals surface area contributed by atoms with Gasteiger partial charge in [0.15, 0.2) is 0 Å². The van der Waals surface area contributed by atoms with E-state index in [0.717, 1.165) is 30.6 Å². The fourth-order valence-electron chi connectivity index (χ4n) is 4.39. The van der Waals surface area contributed by atoms with Gasteiger partial charge in [0.25, 0.3) is 0 Å². The quantitative estimate of drug-likeness (QED) is 0.730. The number of carbonyl (C=O) groups excluding carboxylic acids is 1. The zero-order valence-corrected chi connectivity index (χ0v) is 17.4. The van der Waals surface area contributed by atoms with Crippen LogP contribution in [0, 0.1) is 11.8 Å². The molecule has 4 atom stereocenters. The van der Waals surface area contributed by atoms with Gasteiger partial charge >= 0.3 is 5.97 Å². The second kappa shape index (κ2) is 8.97. The number of rotatable bonds is 6. The number of hydrogen-bond acceptors (Lipinski definition) is 5. The third-order valence-corrected chi connectivity index (χ3v) is 6.55. The third-order valence-electron chi connectivity index (χ3n) is 6.55. The van der Waals surface area contributed by atoms with E-state index in [1.54, 1.807) is 6.07 Å². The maximum absolute atomic E-state index is 12.4. The Morgan fingerprint density at radius 1 is 1.24 bits per heavy atom. The number of aliphatic hydroxyl groups is 1. The summed E-state index contributed by atoms with van der Waals surface area (Å²) in [6, 6.07) is 16.8. The first kappa shape index (κ1) is 21.3. The fourth-order valence-corrected chi connectivity index (χ4v) is 4.39. The van der Waals surface area contributed by atoms with Crippen LogP contribution in [0.2, 0.25) is 0 Å². The molecule has 1 unspecified atom stereocenters. The number of carbonyl (C=O) groups is 1. The molecule has 2 aromatic carbocycles. The van der Waals surface area contributed by atoms with Crippen LogP contribution in [0.15, 0.2) is 54.6 Å².